The number of aliphatic hydroxyl groups is 1. The molecule has 1 unspecified atom stereocenters. The van der Waals surface area contributed by atoms with Crippen LogP contribution in [0.25, 0.3) is 0 Å². The van der Waals surface area contributed by atoms with E-state index in [4.69, 9.17) is 0 Å². The summed E-state index contributed by atoms with van der Waals surface area (Å²) in [6, 6.07) is 0. The number of aryl methyl sites for hydroxylation is 1. The summed E-state index contributed by atoms with van der Waals surface area (Å²) < 4.78 is 1.69. The van der Waals surface area contributed by atoms with E-state index in [-0.39, 0.29) is 5.56 Å². The average Bonchev–Trinajstić information content (AvgIpc) is 2.31. The van der Waals surface area contributed by atoms with E-state index in [1.54, 1.807) is 17.0 Å². The van der Waals surface area contributed by atoms with Crippen molar-refractivity contribution in [2.75, 3.05) is 18.0 Å². The van der Waals surface area contributed by atoms with Gasteiger partial charge in [-0.15, -0.1) is 0 Å². The fraction of sp³-hybridized carbons (Fsp3) is 0.692. The van der Waals surface area contributed by atoms with Gasteiger partial charge in [0, 0.05) is 32.0 Å². The van der Waals surface area contributed by atoms with Crippen molar-refractivity contribution in [2.45, 2.75) is 45.3 Å². The summed E-state index contributed by atoms with van der Waals surface area (Å²) in [5, 5.41) is 10.1. The number of rotatable bonds is 3. The Hall–Kier alpha value is -1.36. The molecule has 1 aromatic rings. The number of nitrogens with zero attached hydrogens (tertiary/aromatic N) is 3. The molecule has 0 saturated carbocycles. The lowest BCUT2D eigenvalue weighted by molar-refractivity contribution is 0.0446. The summed E-state index contributed by atoms with van der Waals surface area (Å²) >= 11 is 0. The molecule has 2 heterocycles. The van der Waals surface area contributed by atoms with Gasteiger partial charge in [0.05, 0.1) is 5.60 Å². The molecule has 1 aromatic heterocycles. The number of aromatic nitrogens is 2. The molecule has 1 aliphatic rings. The van der Waals surface area contributed by atoms with E-state index in [0.717, 1.165) is 25.8 Å². The van der Waals surface area contributed by atoms with Crippen molar-refractivity contribution in [1.82, 2.24) is 9.55 Å². The van der Waals surface area contributed by atoms with E-state index in [9.17, 15) is 9.90 Å². The molecule has 0 aromatic carbocycles. The fourth-order valence-electron chi connectivity index (χ4n) is 2.47. The SMILES string of the molecule is CCCn1ccnc(N2CCCC(C)(O)C2)c1=O. The smallest absolute Gasteiger partial charge is 0.293 e. The van der Waals surface area contributed by atoms with Gasteiger partial charge in [-0.3, -0.25) is 4.79 Å². The lowest BCUT2D eigenvalue weighted by Gasteiger charge is -2.37. The molecule has 1 fully saturated rings. The lowest BCUT2D eigenvalue weighted by atomic mass is 9.95. The molecular weight excluding hydrogens is 230 g/mol. The highest BCUT2D eigenvalue weighted by Gasteiger charge is 2.30. The van der Waals surface area contributed by atoms with Crippen molar-refractivity contribution in [1.29, 1.82) is 0 Å². The van der Waals surface area contributed by atoms with Crippen LogP contribution >= 0.6 is 0 Å². The third-order valence-electron chi connectivity index (χ3n) is 3.33. The zero-order valence-corrected chi connectivity index (χ0v) is 11.1. The Morgan fingerprint density at radius 2 is 2.33 bits per heavy atom. The number of anilines is 1. The highest BCUT2D eigenvalue weighted by Crippen LogP contribution is 2.22. The summed E-state index contributed by atoms with van der Waals surface area (Å²) in [4.78, 5) is 18.3. The van der Waals surface area contributed by atoms with E-state index in [1.165, 1.54) is 0 Å². The highest BCUT2D eigenvalue weighted by molar-refractivity contribution is 5.37. The first kappa shape index (κ1) is 13.1. The molecule has 1 atom stereocenters. The van der Waals surface area contributed by atoms with E-state index in [1.807, 2.05) is 18.7 Å². The molecule has 0 spiro atoms. The number of hydrogen-bond acceptors (Lipinski definition) is 4. The van der Waals surface area contributed by atoms with E-state index < -0.39 is 5.60 Å². The van der Waals surface area contributed by atoms with Crippen molar-refractivity contribution in [3.05, 3.63) is 22.7 Å². The van der Waals surface area contributed by atoms with Crippen molar-refractivity contribution in [3.63, 3.8) is 0 Å². The van der Waals surface area contributed by atoms with Crippen LogP contribution in [0.1, 0.15) is 33.1 Å². The van der Waals surface area contributed by atoms with Gasteiger partial charge < -0.3 is 14.6 Å². The molecular formula is C13H21N3O2. The van der Waals surface area contributed by atoms with Crippen LogP contribution < -0.4 is 10.5 Å². The maximum Gasteiger partial charge on any atom is 0.293 e. The average molecular weight is 251 g/mol. The Bertz CT molecular complexity index is 468. The third kappa shape index (κ3) is 2.72. The molecule has 100 valence electrons. The molecule has 1 saturated heterocycles. The Kier molecular flexibility index (Phi) is 3.71. The van der Waals surface area contributed by atoms with Crippen molar-refractivity contribution < 1.29 is 5.11 Å². The quantitative estimate of drug-likeness (QED) is 0.871. The van der Waals surface area contributed by atoms with Gasteiger partial charge in [-0.2, -0.15) is 0 Å². The second kappa shape index (κ2) is 5.10. The summed E-state index contributed by atoms with van der Waals surface area (Å²) in [6.07, 6.45) is 5.96. The lowest BCUT2D eigenvalue weighted by Crippen LogP contribution is -2.48. The first-order valence-electron chi connectivity index (χ1n) is 6.56. The summed E-state index contributed by atoms with van der Waals surface area (Å²) in [5.41, 5.74) is -0.783. The Labute approximate surface area is 107 Å². The van der Waals surface area contributed by atoms with E-state index >= 15 is 0 Å². The molecule has 18 heavy (non-hydrogen) atoms. The van der Waals surface area contributed by atoms with Gasteiger partial charge in [0.15, 0.2) is 5.82 Å². The topological polar surface area (TPSA) is 58.4 Å². The van der Waals surface area contributed by atoms with Crippen LogP contribution in [0.2, 0.25) is 0 Å². The van der Waals surface area contributed by atoms with Gasteiger partial charge in [-0.25, -0.2) is 4.98 Å². The van der Waals surface area contributed by atoms with Crippen molar-refractivity contribution in [2.24, 2.45) is 0 Å². The van der Waals surface area contributed by atoms with Crippen LogP contribution in [0.5, 0.6) is 0 Å². The van der Waals surface area contributed by atoms with Crippen molar-refractivity contribution >= 4 is 5.82 Å². The predicted octanol–water partition coefficient (Wildman–Crippen LogP) is 1.00. The van der Waals surface area contributed by atoms with Gasteiger partial charge in [0.25, 0.3) is 5.56 Å². The molecule has 0 aliphatic carbocycles. The van der Waals surface area contributed by atoms with E-state index in [2.05, 4.69) is 4.98 Å². The Morgan fingerprint density at radius 3 is 3.00 bits per heavy atom. The molecule has 0 amide bonds. The maximum absolute atomic E-state index is 12.2. The van der Waals surface area contributed by atoms with Crippen LogP contribution in [-0.4, -0.2) is 33.3 Å². The van der Waals surface area contributed by atoms with Crippen LogP contribution in [0.15, 0.2) is 17.2 Å². The minimum Gasteiger partial charge on any atom is -0.388 e. The van der Waals surface area contributed by atoms with E-state index in [0.29, 0.717) is 18.9 Å². The zero-order chi connectivity index (χ0) is 13.2. The second-order valence-corrected chi connectivity index (χ2v) is 5.27. The molecule has 1 aliphatic heterocycles. The molecule has 1 N–H and O–H groups in total. The number of hydrogen-bond donors (Lipinski definition) is 1. The van der Waals surface area contributed by atoms with Crippen LogP contribution in [0.4, 0.5) is 5.82 Å². The maximum atomic E-state index is 12.2. The second-order valence-electron chi connectivity index (χ2n) is 5.27. The zero-order valence-electron chi connectivity index (χ0n) is 11.1. The predicted molar refractivity (Wildman–Crippen MR) is 70.9 cm³/mol. The van der Waals surface area contributed by atoms with Gasteiger partial charge in [-0.1, -0.05) is 6.92 Å². The Morgan fingerprint density at radius 1 is 1.56 bits per heavy atom. The molecule has 5 heteroatoms. The fourth-order valence-corrected chi connectivity index (χ4v) is 2.47. The first-order chi connectivity index (χ1) is 8.53. The first-order valence-corrected chi connectivity index (χ1v) is 6.56. The van der Waals surface area contributed by atoms with Gasteiger partial charge in [0.2, 0.25) is 0 Å². The van der Waals surface area contributed by atoms with Crippen LogP contribution in [0.3, 0.4) is 0 Å². The standard InChI is InChI=1S/C13H21N3O2/c1-3-7-15-9-6-14-11(12(15)17)16-8-4-5-13(2,18)10-16/h6,9,18H,3-5,7-8,10H2,1-2H3. The minimum atomic E-state index is -0.724. The summed E-state index contributed by atoms with van der Waals surface area (Å²) in [6.45, 7) is 5.82. The molecule has 0 bridgehead atoms. The molecule has 5 nitrogen and oxygen atoms in total. The van der Waals surface area contributed by atoms with Crippen molar-refractivity contribution in [3.8, 4) is 0 Å². The van der Waals surface area contributed by atoms with Crippen LogP contribution in [-0.2, 0) is 6.54 Å². The summed E-state index contributed by atoms with van der Waals surface area (Å²) in [5.74, 6) is 0.464. The van der Waals surface area contributed by atoms with Crippen LogP contribution in [0, 0.1) is 0 Å². The molecule has 2 rings (SSSR count). The van der Waals surface area contributed by atoms with Gasteiger partial charge in [0.1, 0.15) is 0 Å². The number of piperidine rings is 1. The number of β-amino-alcohol motifs (C(OH)–C–C–N with tert-alkyl or cyclic N) is 1. The van der Waals surface area contributed by atoms with Gasteiger partial charge >= 0.3 is 0 Å². The largest absolute Gasteiger partial charge is 0.388 e. The molecule has 0 radical (unpaired) electrons. The Balaban J connectivity index is 2.28. The third-order valence-corrected chi connectivity index (χ3v) is 3.33. The summed E-state index contributed by atoms with van der Waals surface area (Å²) in [7, 11) is 0. The normalized spacial score (nSPS) is 24.3. The highest BCUT2D eigenvalue weighted by atomic mass is 16.3. The monoisotopic (exact) mass is 251 g/mol. The minimum absolute atomic E-state index is 0.0583. The van der Waals surface area contributed by atoms with Gasteiger partial charge in [-0.05, 0) is 26.2 Å².